The molecule has 5 nitrogen and oxygen atoms in total. The molecule has 1 saturated heterocycles. The molecule has 26 heavy (non-hydrogen) atoms. The number of piperazine rings is 1. The van der Waals surface area contributed by atoms with Crippen LogP contribution in [0.3, 0.4) is 0 Å². The smallest absolute Gasteiger partial charge is 0.243 e. The molecule has 1 aromatic rings. The van der Waals surface area contributed by atoms with E-state index in [1.807, 2.05) is 0 Å². The summed E-state index contributed by atoms with van der Waals surface area (Å²) in [6.45, 7) is 1.35. The van der Waals surface area contributed by atoms with Gasteiger partial charge in [-0.15, -0.1) is 0 Å². The van der Waals surface area contributed by atoms with Gasteiger partial charge in [-0.05, 0) is 55.2 Å². The van der Waals surface area contributed by atoms with Gasteiger partial charge in [-0.3, -0.25) is 4.79 Å². The third-order valence-corrected chi connectivity index (χ3v) is 8.24. The number of sulfonamides is 1. The molecule has 1 heterocycles. The Balaban J connectivity index is 1.34. The Hall–Kier alpha value is -1.47. The fourth-order valence-corrected chi connectivity index (χ4v) is 6.39. The quantitative estimate of drug-likeness (QED) is 0.806. The van der Waals surface area contributed by atoms with Gasteiger partial charge in [-0.25, -0.2) is 12.8 Å². The second kappa shape index (κ2) is 6.93. The highest BCUT2D eigenvalue weighted by molar-refractivity contribution is 7.89. The predicted molar refractivity (Wildman–Crippen MR) is 95.3 cm³/mol. The van der Waals surface area contributed by atoms with Crippen LogP contribution in [0.2, 0.25) is 0 Å². The van der Waals surface area contributed by atoms with Crippen molar-refractivity contribution in [3.8, 4) is 0 Å². The number of carbonyl (C=O) groups excluding carboxylic acids is 1. The monoisotopic (exact) mass is 380 g/mol. The van der Waals surface area contributed by atoms with Crippen molar-refractivity contribution in [1.29, 1.82) is 0 Å². The average molecular weight is 380 g/mol. The molecule has 2 aliphatic carbocycles. The zero-order chi connectivity index (χ0) is 18.3. The van der Waals surface area contributed by atoms with Crippen LogP contribution >= 0.6 is 0 Å². The van der Waals surface area contributed by atoms with Gasteiger partial charge in [0.05, 0.1) is 4.90 Å². The lowest BCUT2D eigenvalue weighted by molar-refractivity contribution is -0.133. The van der Waals surface area contributed by atoms with Gasteiger partial charge in [0.25, 0.3) is 0 Å². The molecular weight excluding hydrogens is 355 g/mol. The molecule has 1 aliphatic heterocycles. The topological polar surface area (TPSA) is 57.7 Å². The molecule has 3 fully saturated rings. The summed E-state index contributed by atoms with van der Waals surface area (Å²) in [5, 5.41) is 0. The molecular formula is C19H25FN2O3S. The fourth-order valence-electron chi connectivity index (χ4n) is 4.93. The van der Waals surface area contributed by atoms with Crippen LogP contribution < -0.4 is 0 Å². The molecule has 7 heteroatoms. The van der Waals surface area contributed by atoms with Gasteiger partial charge in [0.15, 0.2) is 0 Å². The highest BCUT2D eigenvalue weighted by Crippen LogP contribution is 2.49. The first kappa shape index (κ1) is 17.9. The molecule has 0 N–H and O–H groups in total. The first-order valence-electron chi connectivity index (χ1n) is 9.47. The van der Waals surface area contributed by atoms with E-state index in [0.717, 1.165) is 17.9 Å². The molecule has 2 saturated carbocycles. The second-order valence-corrected chi connectivity index (χ2v) is 9.82. The minimum atomic E-state index is -3.71. The number of fused-ring (bicyclic) bond motifs is 2. The SMILES string of the molecule is O=C(CC1CC2CCC1C2)N1CCN(S(=O)(=O)c2cccc(F)c2)CC1. The van der Waals surface area contributed by atoms with Crippen LogP contribution in [0.4, 0.5) is 4.39 Å². The lowest BCUT2D eigenvalue weighted by Gasteiger charge is -2.35. The summed E-state index contributed by atoms with van der Waals surface area (Å²) in [6, 6.07) is 5.08. The molecule has 1 amide bonds. The van der Waals surface area contributed by atoms with Gasteiger partial charge in [-0.2, -0.15) is 4.31 Å². The van der Waals surface area contributed by atoms with E-state index in [4.69, 9.17) is 0 Å². The van der Waals surface area contributed by atoms with Crippen LogP contribution in [0.5, 0.6) is 0 Å². The largest absolute Gasteiger partial charge is 0.340 e. The molecule has 0 radical (unpaired) electrons. The Bertz CT molecular complexity index is 790. The lowest BCUT2D eigenvalue weighted by atomic mass is 9.86. The average Bonchev–Trinajstić information content (AvgIpc) is 3.25. The number of carbonyl (C=O) groups is 1. The summed E-state index contributed by atoms with van der Waals surface area (Å²) in [6.07, 6.45) is 5.67. The molecule has 0 aromatic heterocycles. The van der Waals surface area contributed by atoms with Crippen LogP contribution in [0, 0.1) is 23.6 Å². The molecule has 3 atom stereocenters. The lowest BCUT2D eigenvalue weighted by Crippen LogP contribution is -2.50. The molecule has 3 aliphatic rings. The number of halogens is 1. The maximum absolute atomic E-state index is 13.4. The number of rotatable bonds is 4. The van der Waals surface area contributed by atoms with Crippen molar-refractivity contribution in [3.63, 3.8) is 0 Å². The van der Waals surface area contributed by atoms with Gasteiger partial charge < -0.3 is 4.90 Å². The maximum atomic E-state index is 13.4. The third kappa shape index (κ3) is 3.39. The van der Waals surface area contributed by atoms with Crippen molar-refractivity contribution >= 4 is 15.9 Å². The van der Waals surface area contributed by atoms with Crippen LogP contribution in [0.25, 0.3) is 0 Å². The van der Waals surface area contributed by atoms with Crippen LogP contribution in [-0.4, -0.2) is 49.7 Å². The zero-order valence-corrected chi connectivity index (χ0v) is 15.6. The Morgan fingerprint density at radius 3 is 2.50 bits per heavy atom. The van der Waals surface area contributed by atoms with Crippen LogP contribution in [0.15, 0.2) is 29.2 Å². The second-order valence-electron chi connectivity index (χ2n) is 7.88. The summed E-state index contributed by atoms with van der Waals surface area (Å²) in [7, 11) is -3.71. The number of benzene rings is 1. The summed E-state index contributed by atoms with van der Waals surface area (Å²) >= 11 is 0. The summed E-state index contributed by atoms with van der Waals surface area (Å²) in [5.41, 5.74) is 0. The standard InChI is InChI=1S/C19H25FN2O3S/c20-17-2-1-3-18(13-17)26(24,25)22-8-6-21(7-9-22)19(23)12-16-11-14-4-5-15(16)10-14/h1-3,13-16H,4-12H2. The minimum Gasteiger partial charge on any atom is -0.340 e. The molecule has 2 bridgehead atoms. The van der Waals surface area contributed by atoms with Gasteiger partial charge >= 0.3 is 0 Å². The molecule has 4 rings (SSSR count). The Kier molecular flexibility index (Phi) is 4.77. The van der Waals surface area contributed by atoms with Crippen molar-refractivity contribution in [2.75, 3.05) is 26.2 Å². The minimum absolute atomic E-state index is 0.0285. The van der Waals surface area contributed by atoms with Crippen molar-refractivity contribution in [2.24, 2.45) is 17.8 Å². The van der Waals surface area contributed by atoms with Gasteiger partial charge in [0, 0.05) is 32.6 Å². The number of amides is 1. The predicted octanol–water partition coefficient (Wildman–Crippen LogP) is 2.48. The molecule has 1 aromatic carbocycles. The van der Waals surface area contributed by atoms with E-state index < -0.39 is 15.8 Å². The molecule has 0 spiro atoms. The van der Waals surface area contributed by atoms with E-state index in [1.54, 1.807) is 4.90 Å². The van der Waals surface area contributed by atoms with E-state index in [-0.39, 0.29) is 23.9 Å². The molecule has 142 valence electrons. The number of hydrogen-bond donors (Lipinski definition) is 0. The summed E-state index contributed by atoms with van der Waals surface area (Å²) in [5.74, 6) is 1.66. The first-order valence-corrected chi connectivity index (χ1v) is 10.9. The highest BCUT2D eigenvalue weighted by atomic mass is 32.2. The van der Waals surface area contributed by atoms with E-state index in [9.17, 15) is 17.6 Å². The number of nitrogens with zero attached hydrogens (tertiary/aromatic N) is 2. The van der Waals surface area contributed by atoms with E-state index >= 15 is 0 Å². The summed E-state index contributed by atoms with van der Waals surface area (Å²) in [4.78, 5) is 14.4. The normalized spacial score (nSPS) is 29.3. The maximum Gasteiger partial charge on any atom is 0.243 e. The zero-order valence-electron chi connectivity index (χ0n) is 14.8. The third-order valence-electron chi connectivity index (χ3n) is 6.35. The van der Waals surface area contributed by atoms with Crippen LogP contribution in [-0.2, 0) is 14.8 Å². The van der Waals surface area contributed by atoms with Crippen molar-refractivity contribution < 1.29 is 17.6 Å². The van der Waals surface area contributed by atoms with Crippen molar-refractivity contribution in [1.82, 2.24) is 9.21 Å². The fraction of sp³-hybridized carbons (Fsp3) is 0.632. The van der Waals surface area contributed by atoms with Gasteiger partial charge in [-0.1, -0.05) is 12.5 Å². The summed E-state index contributed by atoms with van der Waals surface area (Å²) < 4.78 is 40.0. The van der Waals surface area contributed by atoms with E-state index in [0.29, 0.717) is 25.4 Å². The van der Waals surface area contributed by atoms with Crippen molar-refractivity contribution in [2.45, 2.75) is 37.0 Å². The Morgan fingerprint density at radius 1 is 1.12 bits per heavy atom. The molecule has 3 unspecified atom stereocenters. The Labute approximate surface area is 154 Å². The Morgan fingerprint density at radius 2 is 1.88 bits per heavy atom. The van der Waals surface area contributed by atoms with E-state index in [1.165, 1.54) is 48.2 Å². The van der Waals surface area contributed by atoms with Gasteiger partial charge in [0.2, 0.25) is 15.9 Å². The van der Waals surface area contributed by atoms with Gasteiger partial charge in [0.1, 0.15) is 5.82 Å². The van der Waals surface area contributed by atoms with Crippen LogP contribution in [0.1, 0.15) is 32.1 Å². The van der Waals surface area contributed by atoms with E-state index in [2.05, 4.69) is 0 Å². The highest BCUT2D eigenvalue weighted by Gasteiger charge is 2.41. The number of hydrogen-bond acceptors (Lipinski definition) is 3. The first-order chi connectivity index (χ1) is 12.4. The van der Waals surface area contributed by atoms with Crippen molar-refractivity contribution in [3.05, 3.63) is 30.1 Å².